The topological polar surface area (TPSA) is 0 Å². The van der Waals surface area contributed by atoms with Gasteiger partial charge in [0.25, 0.3) is 0 Å². The van der Waals surface area contributed by atoms with Gasteiger partial charge in [-0.15, -0.1) is 0 Å². The molecular formula is C7H18ClNS. The molecule has 0 heterocycles. The highest BCUT2D eigenvalue weighted by atomic mass is 35.5. The van der Waals surface area contributed by atoms with Crippen molar-refractivity contribution >= 4 is 12.6 Å². The van der Waals surface area contributed by atoms with Crippen LogP contribution in [-0.4, -0.2) is 37.9 Å². The summed E-state index contributed by atoms with van der Waals surface area (Å²) in [4.78, 5) is 0. The van der Waals surface area contributed by atoms with Gasteiger partial charge in [0.05, 0.1) is 27.7 Å². The summed E-state index contributed by atoms with van der Waals surface area (Å²) in [6.45, 7) is 1.26. The van der Waals surface area contributed by atoms with Crippen LogP contribution in [0, 0.1) is 0 Å². The van der Waals surface area contributed by atoms with Gasteiger partial charge in [-0.25, -0.2) is 0 Å². The third kappa shape index (κ3) is 11.4. The number of hydrogen-bond donors (Lipinski definition) is 1. The average molecular weight is 184 g/mol. The molecule has 0 aliphatic carbocycles. The third-order valence-corrected chi connectivity index (χ3v) is 1.55. The molecule has 0 N–H and O–H groups in total. The molecule has 64 valence electrons. The molecule has 0 atom stereocenters. The predicted octanol–water partition coefficient (Wildman–Crippen LogP) is -1.59. The minimum atomic E-state index is 0. The molecule has 3 heteroatoms. The second kappa shape index (κ2) is 6.32. The van der Waals surface area contributed by atoms with Gasteiger partial charge >= 0.3 is 0 Å². The average Bonchev–Trinajstić information content (AvgIpc) is 1.63. The van der Waals surface area contributed by atoms with E-state index in [1.807, 2.05) is 0 Å². The van der Waals surface area contributed by atoms with Gasteiger partial charge < -0.3 is 16.9 Å². The van der Waals surface area contributed by atoms with Gasteiger partial charge in [-0.05, 0) is 18.6 Å². The van der Waals surface area contributed by atoms with Crippen LogP contribution < -0.4 is 12.4 Å². The van der Waals surface area contributed by atoms with E-state index in [0.717, 1.165) is 10.2 Å². The van der Waals surface area contributed by atoms with Gasteiger partial charge in [0, 0.05) is 0 Å². The SMILES string of the molecule is C[N+](C)(C)CCCCS.[Cl-]. The highest BCUT2D eigenvalue weighted by Gasteiger charge is 2.03. The van der Waals surface area contributed by atoms with Crippen LogP contribution >= 0.6 is 12.6 Å². The normalized spacial score (nSPS) is 10.8. The summed E-state index contributed by atoms with van der Waals surface area (Å²) in [5.74, 6) is 1.03. The Morgan fingerprint density at radius 2 is 1.60 bits per heavy atom. The van der Waals surface area contributed by atoms with Crippen molar-refractivity contribution in [3.05, 3.63) is 0 Å². The fourth-order valence-electron chi connectivity index (χ4n) is 0.698. The molecule has 0 fully saturated rings. The van der Waals surface area contributed by atoms with Crippen molar-refractivity contribution in [1.82, 2.24) is 0 Å². The summed E-state index contributed by atoms with van der Waals surface area (Å²) in [6.07, 6.45) is 2.55. The van der Waals surface area contributed by atoms with Gasteiger partial charge in [-0.3, -0.25) is 0 Å². The third-order valence-electron chi connectivity index (χ3n) is 1.24. The Bertz CT molecular complexity index is 70.5. The van der Waals surface area contributed by atoms with Crippen molar-refractivity contribution in [2.24, 2.45) is 0 Å². The first kappa shape index (κ1) is 13.2. The molecule has 10 heavy (non-hydrogen) atoms. The molecule has 0 bridgehead atoms. The Labute approximate surface area is 76.2 Å². The Morgan fingerprint density at radius 3 is 1.90 bits per heavy atom. The van der Waals surface area contributed by atoms with Crippen molar-refractivity contribution in [1.29, 1.82) is 0 Å². The summed E-state index contributed by atoms with van der Waals surface area (Å²) in [7, 11) is 6.66. The van der Waals surface area contributed by atoms with Crippen molar-refractivity contribution in [3.63, 3.8) is 0 Å². The molecule has 0 aromatic carbocycles. The molecule has 1 nitrogen and oxygen atoms in total. The van der Waals surface area contributed by atoms with Crippen LogP contribution in [-0.2, 0) is 0 Å². The number of hydrogen-bond acceptors (Lipinski definition) is 1. The maximum atomic E-state index is 4.14. The van der Waals surface area contributed by atoms with Gasteiger partial charge in [0.15, 0.2) is 0 Å². The molecule has 0 spiro atoms. The Morgan fingerprint density at radius 1 is 1.10 bits per heavy atom. The number of thiol groups is 1. The van der Waals surface area contributed by atoms with E-state index in [1.54, 1.807) is 0 Å². The quantitative estimate of drug-likeness (QED) is 0.303. The standard InChI is InChI=1S/C7H17NS.ClH/c1-8(2,3)6-4-5-7-9;/h4-7H2,1-3H3;1H. The zero-order valence-electron chi connectivity index (χ0n) is 7.10. The fraction of sp³-hybridized carbons (Fsp3) is 1.00. The molecule has 0 aliphatic rings. The van der Waals surface area contributed by atoms with Crippen LogP contribution in [0.4, 0.5) is 0 Å². The largest absolute Gasteiger partial charge is 1.00 e. The maximum Gasteiger partial charge on any atom is 0.0780 e. The lowest BCUT2D eigenvalue weighted by molar-refractivity contribution is -0.870. The number of unbranched alkanes of at least 4 members (excludes halogenated alkanes) is 1. The van der Waals surface area contributed by atoms with Crippen LogP contribution in [0.3, 0.4) is 0 Å². The predicted molar refractivity (Wildman–Crippen MR) is 46.0 cm³/mol. The van der Waals surface area contributed by atoms with Crippen LogP contribution in [0.5, 0.6) is 0 Å². The smallest absolute Gasteiger partial charge is 0.0780 e. The lowest BCUT2D eigenvalue weighted by Crippen LogP contribution is -3.00. The maximum absolute atomic E-state index is 4.14. The van der Waals surface area contributed by atoms with E-state index in [-0.39, 0.29) is 12.4 Å². The summed E-state index contributed by atoms with van der Waals surface area (Å²) < 4.78 is 1.08. The van der Waals surface area contributed by atoms with E-state index >= 15 is 0 Å². The van der Waals surface area contributed by atoms with Gasteiger partial charge in [-0.2, -0.15) is 12.6 Å². The fourth-order valence-corrected chi connectivity index (χ4v) is 0.922. The molecule has 0 unspecified atom stereocenters. The highest BCUT2D eigenvalue weighted by molar-refractivity contribution is 7.80. The lowest BCUT2D eigenvalue weighted by atomic mass is 10.3. The summed E-state index contributed by atoms with van der Waals surface area (Å²) in [5.41, 5.74) is 0. The van der Waals surface area contributed by atoms with Crippen molar-refractivity contribution in [2.45, 2.75) is 12.8 Å². The van der Waals surface area contributed by atoms with E-state index < -0.39 is 0 Å². The Kier molecular flexibility index (Phi) is 8.35. The molecule has 0 aliphatic heterocycles. The molecule has 0 radical (unpaired) electrons. The van der Waals surface area contributed by atoms with Crippen LogP contribution in [0.25, 0.3) is 0 Å². The molecular weight excluding hydrogens is 166 g/mol. The van der Waals surface area contributed by atoms with Crippen molar-refractivity contribution in [3.8, 4) is 0 Å². The molecule has 0 rings (SSSR count). The lowest BCUT2D eigenvalue weighted by Gasteiger charge is -2.23. The van der Waals surface area contributed by atoms with Crippen LogP contribution in [0.15, 0.2) is 0 Å². The van der Waals surface area contributed by atoms with Crippen LogP contribution in [0.2, 0.25) is 0 Å². The first-order valence-electron chi connectivity index (χ1n) is 3.47. The van der Waals surface area contributed by atoms with Gasteiger partial charge in [0.1, 0.15) is 0 Å². The summed E-state index contributed by atoms with van der Waals surface area (Å²) in [5, 5.41) is 0. The molecule has 0 saturated heterocycles. The highest BCUT2D eigenvalue weighted by Crippen LogP contribution is 1.97. The second-order valence-corrected chi connectivity index (χ2v) is 3.89. The number of nitrogens with zero attached hydrogens (tertiary/aromatic N) is 1. The van der Waals surface area contributed by atoms with Crippen molar-refractivity contribution in [2.75, 3.05) is 33.4 Å². The Balaban J connectivity index is 0. The zero-order valence-corrected chi connectivity index (χ0v) is 8.75. The van der Waals surface area contributed by atoms with E-state index in [2.05, 4.69) is 33.8 Å². The molecule has 0 saturated carbocycles. The number of quaternary nitrogens is 1. The number of rotatable bonds is 4. The van der Waals surface area contributed by atoms with Crippen LogP contribution in [0.1, 0.15) is 12.8 Å². The van der Waals surface area contributed by atoms with E-state index in [0.29, 0.717) is 0 Å². The molecule has 0 amide bonds. The van der Waals surface area contributed by atoms with E-state index in [1.165, 1.54) is 19.4 Å². The van der Waals surface area contributed by atoms with Gasteiger partial charge in [0.2, 0.25) is 0 Å². The molecule has 0 aromatic heterocycles. The minimum Gasteiger partial charge on any atom is -1.00 e. The van der Waals surface area contributed by atoms with E-state index in [4.69, 9.17) is 0 Å². The van der Waals surface area contributed by atoms with Gasteiger partial charge in [-0.1, -0.05) is 0 Å². The zero-order chi connectivity index (χ0) is 7.33. The first-order valence-corrected chi connectivity index (χ1v) is 4.11. The summed E-state index contributed by atoms with van der Waals surface area (Å²) >= 11 is 4.14. The number of halogens is 1. The summed E-state index contributed by atoms with van der Waals surface area (Å²) in [6, 6.07) is 0. The van der Waals surface area contributed by atoms with Crippen molar-refractivity contribution < 1.29 is 16.9 Å². The second-order valence-electron chi connectivity index (χ2n) is 3.44. The first-order chi connectivity index (χ1) is 4.06. The molecule has 0 aromatic rings. The minimum absolute atomic E-state index is 0. The monoisotopic (exact) mass is 183 g/mol. The Hall–Kier alpha value is 0.600. The van der Waals surface area contributed by atoms with E-state index in [9.17, 15) is 0 Å².